The van der Waals surface area contributed by atoms with E-state index < -0.39 is 0 Å². The van der Waals surface area contributed by atoms with Crippen molar-refractivity contribution < 1.29 is 9.53 Å². The second kappa shape index (κ2) is 19.0. The highest BCUT2D eigenvalue weighted by Crippen LogP contribution is 2.15. The number of aldehydes is 1. The van der Waals surface area contributed by atoms with Gasteiger partial charge in [-0.25, -0.2) is 4.98 Å². The average molecular weight is 503 g/mol. The lowest BCUT2D eigenvalue weighted by Gasteiger charge is -2.16. The molecule has 203 valence electrons. The number of nitrogens with zero attached hydrogens (tertiary/aromatic N) is 3. The average Bonchev–Trinajstić information content (AvgIpc) is 3.27. The first kappa shape index (κ1) is 30.0. The lowest BCUT2D eigenvalue weighted by molar-refractivity contribution is -0.107. The first-order valence-corrected chi connectivity index (χ1v) is 14.2. The van der Waals surface area contributed by atoms with E-state index >= 15 is 0 Å². The molecule has 0 bridgehead atoms. The summed E-state index contributed by atoms with van der Waals surface area (Å²) in [4.78, 5) is 33.1. The minimum atomic E-state index is -0.315. The van der Waals surface area contributed by atoms with Gasteiger partial charge in [0.2, 0.25) is 5.95 Å². The molecule has 0 aliphatic rings. The van der Waals surface area contributed by atoms with Crippen molar-refractivity contribution in [1.82, 2.24) is 19.5 Å². The van der Waals surface area contributed by atoms with Gasteiger partial charge in [0, 0.05) is 25.5 Å². The Morgan fingerprint density at radius 2 is 1.50 bits per heavy atom. The molecular formula is C28H48N5O3. The van der Waals surface area contributed by atoms with Crippen LogP contribution < -0.4 is 11.3 Å². The number of H-pyrrole nitrogens is 1. The molecule has 2 aromatic heterocycles. The largest absolute Gasteiger partial charge is 0.381 e. The standard InChI is InChI=1S/C28H48N5O3/c1-2-24(21-33-23-30-25-26(33)31-28(29)32-27(25)35)22-36-20-18-16-14-12-10-8-6-4-3-5-7-9-11-13-15-17-19-34/h19,23-24H,1-18,20-22H2,(H3,29,31,32,35)/t24-/m1/s1. The predicted octanol–water partition coefficient (Wildman–Crippen LogP) is 6.00. The number of aromatic amines is 1. The third kappa shape index (κ3) is 12.2. The van der Waals surface area contributed by atoms with Crippen LogP contribution in [0.1, 0.15) is 109 Å². The molecule has 0 aliphatic heterocycles. The van der Waals surface area contributed by atoms with Gasteiger partial charge in [-0.15, -0.1) is 0 Å². The van der Waals surface area contributed by atoms with E-state index in [1.54, 1.807) is 6.33 Å². The Labute approximate surface area is 216 Å². The number of nitrogens with one attached hydrogen (secondary N) is 1. The van der Waals surface area contributed by atoms with Crippen LogP contribution >= 0.6 is 0 Å². The van der Waals surface area contributed by atoms with Gasteiger partial charge in [0.1, 0.15) is 6.29 Å². The Hall–Kier alpha value is -2.22. The number of imidazole rings is 1. The molecule has 2 rings (SSSR count). The third-order valence-electron chi connectivity index (χ3n) is 6.82. The number of rotatable bonds is 23. The van der Waals surface area contributed by atoms with Gasteiger partial charge in [-0.05, 0) is 19.3 Å². The SMILES string of the molecule is [CH2]C[C@@H](COCCCCCCCCCCCCCCCCCC=O)Cn1cnc2c(=O)[nH]c(N)nc21. The normalized spacial score (nSPS) is 12.4. The maximum Gasteiger partial charge on any atom is 0.280 e. The molecule has 0 saturated heterocycles. The van der Waals surface area contributed by atoms with E-state index in [1.165, 1.54) is 83.5 Å². The molecular weight excluding hydrogens is 454 g/mol. The maximum atomic E-state index is 11.9. The molecule has 0 unspecified atom stereocenters. The molecule has 0 aliphatic carbocycles. The van der Waals surface area contributed by atoms with Crippen LogP contribution in [0, 0.1) is 12.8 Å². The van der Waals surface area contributed by atoms with E-state index in [1.807, 2.05) is 4.57 Å². The second-order valence-electron chi connectivity index (χ2n) is 10.0. The Morgan fingerprint density at radius 1 is 0.944 bits per heavy atom. The molecule has 1 atom stereocenters. The number of nitrogens with two attached hydrogens (primary N) is 1. The van der Waals surface area contributed by atoms with Crippen molar-refractivity contribution in [2.45, 2.75) is 116 Å². The topological polar surface area (TPSA) is 116 Å². The summed E-state index contributed by atoms with van der Waals surface area (Å²) in [6.45, 7) is 6.12. The Kier molecular flexibility index (Phi) is 15.8. The highest BCUT2D eigenvalue weighted by Gasteiger charge is 2.13. The number of carbonyl (C=O) groups is 1. The van der Waals surface area contributed by atoms with Crippen LogP contribution in [-0.2, 0) is 16.1 Å². The van der Waals surface area contributed by atoms with Gasteiger partial charge < -0.3 is 19.8 Å². The van der Waals surface area contributed by atoms with Crippen molar-refractivity contribution in [1.29, 1.82) is 0 Å². The highest BCUT2D eigenvalue weighted by atomic mass is 16.5. The summed E-state index contributed by atoms with van der Waals surface area (Å²) in [6, 6.07) is 0. The lowest BCUT2D eigenvalue weighted by Crippen LogP contribution is -2.17. The van der Waals surface area contributed by atoms with Crippen molar-refractivity contribution in [2.75, 3.05) is 18.9 Å². The summed E-state index contributed by atoms with van der Waals surface area (Å²) in [6.07, 6.45) is 23.5. The quantitative estimate of drug-likeness (QED) is 0.142. The lowest BCUT2D eigenvalue weighted by atomic mass is 10.0. The number of carbonyl (C=O) groups excluding carboxylic acids is 1. The van der Waals surface area contributed by atoms with Crippen molar-refractivity contribution in [3.05, 3.63) is 23.6 Å². The van der Waals surface area contributed by atoms with Crippen LogP contribution in [0.25, 0.3) is 11.2 Å². The summed E-state index contributed by atoms with van der Waals surface area (Å²) in [5.41, 5.74) is 6.18. The van der Waals surface area contributed by atoms with E-state index in [4.69, 9.17) is 10.5 Å². The van der Waals surface area contributed by atoms with Gasteiger partial charge in [-0.1, -0.05) is 90.4 Å². The van der Waals surface area contributed by atoms with Gasteiger partial charge in [-0.3, -0.25) is 9.78 Å². The molecule has 0 amide bonds. The predicted molar refractivity (Wildman–Crippen MR) is 147 cm³/mol. The fourth-order valence-corrected chi connectivity index (χ4v) is 4.59. The first-order valence-electron chi connectivity index (χ1n) is 14.2. The zero-order valence-corrected chi connectivity index (χ0v) is 22.2. The molecule has 2 heterocycles. The summed E-state index contributed by atoms with van der Waals surface area (Å²) in [5, 5.41) is 0. The summed E-state index contributed by atoms with van der Waals surface area (Å²) < 4.78 is 7.78. The molecule has 0 saturated carbocycles. The molecule has 2 aromatic rings. The van der Waals surface area contributed by atoms with Crippen molar-refractivity contribution in [3.8, 4) is 0 Å². The molecule has 0 spiro atoms. The number of nitrogen functional groups attached to an aromatic ring is 1. The summed E-state index contributed by atoms with van der Waals surface area (Å²) in [5.74, 6) is 0.334. The van der Waals surface area contributed by atoms with Gasteiger partial charge in [0.05, 0.1) is 12.9 Å². The van der Waals surface area contributed by atoms with Crippen LogP contribution in [0.2, 0.25) is 0 Å². The van der Waals surface area contributed by atoms with Crippen LogP contribution in [0.5, 0.6) is 0 Å². The smallest absolute Gasteiger partial charge is 0.280 e. The van der Waals surface area contributed by atoms with Crippen LogP contribution in [0.3, 0.4) is 0 Å². The molecule has 8 nitrogen and oxygen atoms in total. The number of hydrogen-bond donors (Lipinski definition) is 2. The number of ether oxygens (including phenoxy) is 1. The van der Waals surface area contributed by atoms with Gasteiger partial charge in [-0.2, -0.15) is 4.98 Å². The second-order valence-corrected chi connectivity index (χ2v) is 10.0. The Bertz CT molecular complexity index is 895. The molecule has 0 fully saturated rings. The van der Waals surface area contributed by atoms with E-state index in [0.717, 1.165) is 38.6 Å². The van der Waals surface area contributed by atoms with Crippen LogP contribution in [-0.4, -0.2) is 39.0 Å². The first-order chi connectivity index (χ1) is 17.7. The van der Waals surface area contributed by atoms with E-state index in [2.05, 4.69) is 21.9 Å². The minimum Gasteiger partial charge on any atom is -0.381 e. The fraction of sp³-hybridized carbons (Fsp3) is 0.750. The number of unbranched alkanes of at least 4 members (excludes halogenated alkanes) is 15. The van der Waals surface area contributed by atoms with Crippen LogP contribution in [0.4, 0.5) is 5.95 Å². The fourth-order valence-electron chi connectivity index (χ4n) is 4.59. The minimum absolute atomic E-state index is 0.0993. The third-order valence-corrected chi connectivity index (χ3v) is 6.82. The maximum absolute atomic E-state index is 11.9. The number of aromatic nitrogens is 4. The highest BCUT2D eigenvalue weighted by molar-refractivity contribution is 5.70. The molecule has 1 radical (unpaired) electrons. The van der Waals surface area contributed by atoms with Crippen molar-refractivity contribution in [2.24, 2.45) is 5.92 Å². The molecule has 3 N–H and O–H groups in total. The molecule has 36 heavy (non-hydrogen) atoms. The van der Waals surface area contributed by atoms with E-state index in [-0.39, 0.29) is 17.4 Å². The van der Waals surface area contributed by atoms with Crippen LogP contribution in [0.15, 0.2) is 11.1 Å². The summed E-state index contributed by atoms with van der Waals surface area (Å²) in [7, 11) is 0. The number of fused-ring (bicyclic) bond motifs is 1. The van der Waals surface area contributed by atoms with E-state index in [0.29, 0.717) is 24.3 Å². The van der Waals surface area contributed by atoms with Gasteiger partial charge in [0.15, 0.2) is 11.2 Å². The summed E-state index contributed by atoms with van der Waals surface area (Å²) >= 11 is 0. The number of hydrogen-bond acceptors (Lipinski definition) is 6. The van der Waals surface area contributed by atoms with E-state index in [9.17, 15) is 9.59 Å². The van der Waals surface area contributed by atoms with Crippen molar-refractivity contribution >= 4 is 23.4 Å². The Morgan fingerprint density at radius 3 is 2.06 bits per heavy atom. The van der Waals surface area contributed by atoms with Gasteiger partial charge >= 0.3 is 0 Å². The number of anilines is 1. The molecule has 0 aromatic carbocycles. The Balaban J connectivity index is 1.40. The van der Waals surface area contributed by atoms with Gasteiger partial charge in [0.25, 0.3) is 5.56 Å². The monoisotopic (exact) mass is 502 g/mol. The molecule has 8 heteroatoms. The zero-order valence-electron chi connectivity index (χ0n) is 22.2. The zero-order chi connectivity index (χ0) is 25.8. The van der Waals surface area contributed by atoms with Crippen molar-refractivity contribution in [3.63, 3.8) is 0 Å².